The van der Waals surface area contributed by atoms with E-state index < -0.39 is 0 Å². The molecule has 2 heteroatoms. The zero-order valence-electron chi connectivity index (χ0n) is 9.55. The third-order valence-corrected chi connectivity index (χ3v) is 2.32. The molecule has 0 unspecified atom stereocenters. The molecule has 0 fully saturated rings. The van der Waals surface area contributed by atoms with Crippen molar-refractivity contribution in [2.45, 2.75) is 26.8 Å². The second-order valence-electron chi connectivity index (χ2n) is 3.69. The van der Waals surface area contributed by atoms with Gasteiger partial charge in [0.25, 0.3) is 0 Å². The molecule has 2 N–H and O–H groups in total. The fourth-order valence-electron chi connectivity index (χ4n) is 1.63. The van der Waals surface area contributed by atoms with E-state index in [2.05, 4.69) is 32.6 Å². The number of hydrogen-bond acceptors (Lipinski definition) is 2. The van der Waals surface area contributed by atoms with E-state index in [0.717, 1.165) is 28.9 Å². The molecule has 1 aromatic rings. The Morgan fingerprint density at radius 1 is 1.33 bits per heavy atom. The van der Waals surface area contributed by atoms with Crippen molar-refractivity contribution in [2.75, 3.05) is 6.61 Å². The molecule has 82 valence electrons. The van der Waals surface area contributed by atoms with Crippen molar-refractivity contribution >= 4 is 0 Å². The summed E-state index contributed by atoms with van der Waals surface area (Å²) in [7, 11) is 0. The number of aryl methyl sites for hydroxylation is 2. The van der Waals surface area contributed by atoms with E-state index >= 15 is 0 Å². The minimum atomic E-state index is 0.578. The third-order valence-electron chi connectivity index (χ3n) is 2.32. The van der Waals surface area contributed by atoms with Crippen LogP contribution in [0.15, 0.2) is 24.8 Å². The van der Waals surface area contributed by atoms with Crippen LogP contribution in [0.3, 0.4) is 0 Å². The molecule has 0 saturated heterocycles. The van der Waals surface area contributed by atoms with Crippen molar-refractivity contribution in [1.29, 1.82) is 0 Å². The second-order valence-corrected chi connectivity index (χ2v) is 3.69. The number of nitrogens with two attached hydrogens (primary N) is 1. The number of rotatable bonds is 5. The summed E-state index contributed by atoms with van der Waals surface area (Å²) >= 11 is 0. The lowest BCUT2D eigenvalue weighted by molar-refractivity contribution is 0.320. The highest BCUT2D eigenvalue weighted by Gasteiger charge is 2.05. The van der Waals surface area contributed by atoms with Crippen molar-refractivity contribution in [3.63, 3.8) is 0 Å². The number of benzene rings is 1. The maximum atomic E-state index is 5.70. The molecular weight excluding hydrogens is 186 g/mol. The Morgan fingerprint density at radius 2 is 1.93 bits per heavy atom. The SMILES string of the molecule is C=CCCOc1c(C)cc(CN)cc1C. The predicted octanol–water partition coefficient (Wildman–Crippen LogP) is 2.72. The Hall–Kier alpha value is -1.28. The summed E-state index contributed by atoms with van der Waals surface area (Å²) in [6.07, 6.45) is 2.73. The first-order chi connectivity index (χ1) is 7.19. The second kappa shape index (κ2) is 5.56. The zero-order valence-corrected chi connectivity index (χ0v) is 9.55. The lowest BCUT2D eigenvalue weighted by Crippen LogP contribution is -2.02. The fourth-order valence-corrected chi connectivity index (χ4v) is 1.63. The summed E-state index contributed by atoms with van der Waals surface area (Å²) in [4.78, 5) is 0. The molecule has 0 heterocycles. The molecule has 15 heavy (non-hydrogen) atoms. The van der Waals surface area contributed by atoms with Crippen LogP contribution in [0.5, 0.6) is 5.75 Å². The smallest absolute Gasteiger partial charge is 0.125 e. The van der Waals surface area contributed by atoms with E-state index in [1.807, 2.05) is 6.08 Å². The van der Waals surface area contributed by atoms with Crippen molar-refractivity contribution in [1.82, 2.24) is 0 Å². The molecule has 0 bridgehead atoms. The Bertz CT molecular complexity index is 321. The van der Waals surface area contributed by atoms with Crippen LogP contribution in [0.4, 0.5) is 0 Å². The molecule has 1 aromatic carbocycles. The van der Waals surface area contributed by atoms with Gasteiger partial charge in [-0.25, -0.2) is 0 Å². The highest BCUT2D eigenvalue weighted by molar-refractivity contribution is 5.43. The maximum absolute atomic E-state index is 5.70. The topological polar surface area (TPSA) is 35.2 Å². The first-order valence-electron chi connectivity index (χ1n) is 5.23. The highest BCUT2D eigenvalue weighted by Crippen LogP contribution is 2.24. The van der Waals surface area contributed by atoms with Gasteiger partial charge in [0.2, 0.25) is 0 Å². The average Bonchev–Trinajstić information content (AvgIpc) is 2.22. The molecule has 0 aliphatic heterocycles. The first-order valence-corrected chi connectivity index (χ1v) is 5.23. The lowest BCUT2D eigenvalue weighted by atomic mass is 10.1. The minimum Gasteiger partial charge on any atom is -0.493 e. The summed E-state index contributed by atoms with van der Waals surface area (Å²) < 4.78 is 5.70. The molecule has 0 aromatic heterocycles. The van der Waals surface area contributed by atoms with Crippen molar-refractivity contribution in [3.05, 3.63) is 41.5 Å². The van der Waals surface area contributed by atoms with Crippen LogP contribution in [-0.2, 0) is 6.54 Å². The number of ether oxygens (including phenoxy) is 1. The Kier molecular flexibility index (Phi) is 4.37. The lowest BCUT2D eigenvalue weighted by Gasteiger charge is -2.12. The van der Waals surface area contributed by atoms with Gasteiger partial charge in [-0.05, 0) is 37.0 Å². The van der Waals surface area contributed by atoms with Crippen molar-refractivity contribution in [3.8, 4) is 5.75 Å². The molecule has 1 rings (SSSR count). The zero-order chi connectivity index (χ0) is 11.3. The van der Waals surface area contributed by atoms with E-state index in [4.69, 9.17) is 10.5 Å². The Labute approximate surface area is 91.7 Å². The largest absolute Gasteiger partial charge is 0.493 e. The molecule has 2 nitrogen and oxygen atoms in total. The maximum Gasteiger partial charge on any atom is 0.125 e. The standard InChI is InChI=1S/C13H19NO/c1-4-5-6-15-13-10(2)7-12(9-14)8-11(13)3/h4,7-8H,1,5-6,9,14H2,2-3H3. The third kappa shape index (κ3) is 3.10. The van der Waals surface area contributed by atoms with Crippen LogP contribution in [0.2, 0.25) is 0 Å². The Morgan fingerprint density at radius 3 is 2.40 bits per heavy atom. The van der Waals surface area contributed by atoms with Gasteiger partial charge in [0.05, 0.1) is 6.61 Å². The normalized spacial score (nSPS) is 10.1. The summed E-state index contributed by atoms with van der Waals surface area (Å²) in [5.74, 6) is 0.981. The Balaban J connectivity index is 2.83. The average molecular weight is 205 g/mol. The molecule has 0 saturated carbocycles. The molecule has 0 radical (unpaired) electrons. The van der Waals surface area contributed by atoms with E-state index in [9.17, 15) is 0 Å². The summed E-state index contributed by atoms with van der Waals surface area (Å²) in [6, 6.07) is 4.16. The van der Waals surface area contributed by atoms with Gasteiger partial charge in [-0.15, -0.1) is 6.58 Å². The minimum absolute atomic E-state index is 0.578. The van der Waals surface area contributed by atoms with Gasteiger partial charge in [0.1, 0.15) is 5.75 Å². The van der Waals surface area contributed by atoms with Crippen molar-refractivity contribution in [2.24, 2.45) is 5.73 Å². The molecule has 0 aliphatic carbocycles. The summed E-state index contributed by atoms with van der Waals surface area (Å²) in [5.41, 5.74) is 9.06. The van der Waals surface area contributed by atoms with Crippen LogP contribution >= 0.6 is 0 Å². The van der Waals surface area contributed by atoms with E-state index in [0.29, 0.717) is 13.2 Å². The molecule has 0 amide bonds. The predicted molar refractivity (Wildman–Crippen MR) is 64.1 cm³/mol. The van der Waals surface area contributed by atoms with Gasteiger partial charge in [-0.2, -0.15) is 0 Å². The van der Waals surface area contributed by atoms with Crippen LogP contribution in [0, 0.1) is 13.8 Å². The van der Waals surface area contributed by atoms with Gasteiger partial charge in [0, 0.05) is 6.54 Å². The van der Waals surface area contributed by atoms with E-state index in [1.165, 1.54) is 0 Å². The van der Waals surface area contributed by atoms with Gasteiger partial charge in [-0.1, -0.05) is 18.2 Å². The monoisotopic (exact) mass is 205 g/mol. The first kappa shape index (κ1) is 11.8. The fraction of sp³-hybridized carbons (Fsp3) is 0.385. The van der Waals surface area contributed by atoms with Crippen LogP contribution in [0.1, 0.15) is 23.1 Å². The van der Waals surface area contributed by atoms with E-state index in [-0.39, 0.29) is 0 Å². The molecular formula is C13H19NO. The van der Waals surface area contributed by atoms with Gasteiger partial charge >= 0.3 is 0 Å². The summed E-state index contributed by atoms with van der Waals surface area (Å²) in [6.45, 7) is 9.04. The quantitative estimate of drug-likeness (QED) is 0.592. The van der Waals surface area contributed by atoms with Crippen LogP contribution in [-0.4, -0.2) is 6.61 Å². The molecule has 0 atom stereocenters. The van der Waals surface area contributed by atoms with Crippen LogP contribution < -0.4 is 10.5 Å². The van der Waals surface area contributed by atoms with Gasteiger partial charge in [-0.3, -0.25) is 0 Å². The summed E-state index contributed by atoms with van der Waals surface area (Å²) in [5, 5.41) is 0. The van der Waals surface area contributed by atoms with E-state index in [1.54, 1.807) is 0 Å². The van der Waals surface area contributed by atoms with Crippen molar-refractivity contribution < 1.29 is 4.74 Å². The number of hydrogen-bond donors (Lipinski definition) is 1. The highest BCUT2D eigenvalue weighted by atomic mass is 16.5. The molecule has 0 spiro atoms. The van der Waals surface area contributed by atoms with Gasteiger partial charge < -0.3 is 10.5 Å². The van der Waals surface area contributed by atoms with Gasteiger partial charge in [0.15, 0.2) is 0 Å². The molecule has 0 aliphatic rings. The van der Waals surface area contributed by atoms with Crippen LogP contribution in [0.25, 0.3) is 0 Å².